The number of hydrogen-bond acceptors (Lipinski definition) is 5. The Hall–Kier alpha value is -3.11. The van der Waals surface area contributed by atoms with Crippen molar-refractivity contribution in [2.24, 2.45) is 0 Å². The normalized spacial score (nSPS) is 11.3. The summed E-state index contributed by atoms with van der Waals surface area (Å²) in [6.07, 6.45) is 0.905. The van der Waals surface area contributed by atoms with Gasteiger partial charge < -0.3 is 4.90 Å². The number of nitriles is 1. The van der Waals surface area contributed by atoms with E-state index in [1.54, 1.807) is 37.6 Å². The van der Waals surface area contributed by atoms with E-state index in [-0.39, 0.29) is 17.2 Å². The third kappa shape index (κ3) is 4.24. The zero-order valence-corrected chi connectivity index (χ0v) is 18.4. The van der Waals surface area contributed by atoms with Gasteiger partial charge in [-0.3, -0.25) is 14.2 Å². The van der Waals surface area contributed by atoms with Crippen LogP contribution in [-0.2, 0) is 11.2 Å². The van der Waals surface area contributed by atoms with Crippen LogP contribution in [0.15, 0.2) is 58.5 Å². The maximum atomic E-state index is 13.3. The van der Waals surface area contributed by atoms with Crippen molar-refractivity contribution in [3.05, 3.63) is 64.4 Å². The highest BCUT2D eigenvalue weighted by atomic mass is 32.2. The molecule has 1 aromatic heterocycles. The van der Waals surface area contributed by atoms with Crippen molar-refractivity contribution in [3.63, 3.8) is 0 Å². The summed E-state index contributed by atoms with van der Waals surface area (Å²) < 4.78 is 1.55. The van der Waals surface area contributed by atoms with Crippen molar-refractivity contribution in [1.29, 1.82) is 5.26 Å². The number of carbonyl (C=O) groups excluding carboxylic acids is 1. The smallest absolute Gasteiger partial charge is 0.266 e. The zero-order chi connectivity index (χ0) is 21.9. The van der Waals surface area contributed by atoms with Crippen molar-refractivity contribution in [2.45, 2.75) is 37.9 Å². The Morgan fingerprint density at radius 3 is 2.50 bits per heavy atom. The number of aromatic nitrogens is 2. The highest BCUT2D eigenvalue weighted by molar-refractivity contribution is 7.99. The maximum absolute atomic E-state index is 13.3. The van der Waals surface area contributed by atoms with Crippen molar-refractivity contribution in [2.75, 3.05) is 12.8 Å². The van der Waals surface area contributed by atoms with Crippen molar-refractivity contribution in [3.8, 4) is 11.8 Å². The molecule has 0 unspecified atom stereocenters. The van der Waals surface area contributed by atoms with Gasteiger partial charge in [-0.05, 0) is 50.1 Å². The van der Waals surface area contributed by atoms with Crippen molar-refractivity contribution < 1.29 is 4.79 Å². The molecular formula is C23H24N4O2S. The van der Waals surface area contributed by atoms with Crippen molar-refractivity contribution >= 4 is 28.6 Å². The summed E-state index contributed by atoms with van der Waals surface area (Å²) in [7, 11) is 1.61. The molecule has 0 aliphatic heterocycles. The number of amides is 1. The van der Waals surface area contributed by atoms with E-state index in [2.05, 4.69) is 18.0 Å². The van der Waals surface area contributed by atoms with Gasteiger partial charge in [0, 0.05) is 7.05 Å². The van der Waals surface area contributed by atoms with Gasteiger partial charge in [-0.1, -0.05) is 43.0 Å². The topological polar surface area (TPSA) is 79.0 Å². The SMILES string of the molecule is CCc1ccc(-n2c(SCC(=O)N(C)C(C)(C)C#N)nc3ccccc3c2=O)cc1. The molecule has 154 valence electrons. The summed E-state index contributed by atoms with van der Waals surface area (Å²) >= 11 is 1.20. The number of hydrogen-bond donors (Lipinski definition) is 0. The number of aryl methyl sites for hydroxylation is 1. The summed E-state index contributed by atoms with van der Waals surface area (Å²) in [5, 5.41) is 10.2. The first-order valence-corrected chi connectivity index (χ1v) is 10.7. The van der Waals surface area contributed by atoms with E-state index in [1.807, 2.05) is 36.4 Å². The molecule has 3 rings (SSSR count). The van der Waals surface area contributed by atoms with Crippen LogP contribution in [0.4, 0.5) is 0 Å². The molecule has 1 amide bonds. The minimum atomic E-state index is -0.913. The van der Waals surface area contributed by atoms with E-state index in [0.29, 0.717) is 21.7 Å². The molecule has 2 aromatic carbocycles. The minimum absolute atomic E-state index is 0.0689. The van der Waals surface area contributed by atoms with Gasteiger partial charge >= 0.3 is 0 Å². The predicted octanol–water partition coefficient (Wildman–Crippen LogP) is 3.80. The van der Waals surface area contributed by atoms with E-state index < -0.39 is 5.54 Å². The Labute approximate surface area is 180 Å². The first-order valence-electron chi connectivity index (χ1n) is 9.70. The fourth-order valence-electron chi connectivity index (χ4n) is 2.93. The molecular weight excluding hydrogens is 396 g/mol. The average Bonchev–Trinajstić information content (AvgIpc) is 2.77. The van der Waals surface area contributed by atoms with Crippen LogP contribution in [0.25, 0.3) is 16.6 Å². The lowest BCUT2D eigenvalue weighted by molar-refractivity contribution is -0.130. The van der Waals surface area contributed by atoms with Crippen LogP contribution in [0.5, 0.6) is 0 Å². The molecule has 7 heteroatoms. The second kappa shape index (κ2) is 8.72. The monoisotopic (exact) mass is 420 g/mol. The molecule has 1 heterocycles. The second-order valence-corrected chi connectivity index (χ2v) is 8.43. The third-order valence-electron chi connectivity index (χ3n) is 5.16. The van der Waals surface area contributed by atoms with E-state index >= 15 is 0 Å². The maximum Gasteiger partial charge on any atom is 0.266 e. The van der Waals surface area contributed by atoms with Crippen LogP contribution in [0.1, 0.15) is 26.3 Å². The summed E-state index contributed by atoms with van der Waals surface area (Å²) in [4.78, 5) is 32.0. The predicted molar refractivity (Wildman–Crippen MR) is 120 cm³/mol. The Morgan fingerprint density at radius 1 is 1.20 bits per heavy atom. The molecule has 0 spiro atoms. The Morgan fingerprint density at radius 2 is 1.87 bits per heavy atom. The van der Waals surface area contributed by atoms with E-state index in [4.69, 9.17) is 0 Å². The van der Waals surface area contributed by atoms with Gasteiger partial charge in [0.15, 0.2) is 5.16 Å². The van der Waals surface area contributed by atoms with Crippen molar-refractivity contribution in [1.82, 2.24) is 14.5 Å². The lowest BCUT2D eigenvalue weighted by atomic mass is 10.1. The first-order chi connectivity index (χ1) is 14.3. The van der Waals surface area contributed by atoms with Crippen LogP contribution in [0, 0.1) is 11.3 Å². The molecule has 6 nitrogen and oxygen atoms in total. The molecule has 0 saturated heterocycles. The van der Waals surface area contributed by atoms with E-state index in [0.717, 1.165) is 6.42 Å². The molecule has 0 bridgehead atoms. The van der Waals surface area contributed by atoms with E-state index in [1.165, 1.54) is 22.2 Å². The van der Waals surface area contributed by atoms with Crippen LogP contribution in [0.3, 0.4) is 0 Å². The quantitative estimate of drug-likeness (QED) is 0.448. The van der Waals surface area contributed by atoms with Crippen LogP contribution >= 0.6 is 11.8 Å². The number of thioether (sulfide) groups is 1. The highest BCUT2D eigenvalue weighted by Crippen LogP contribution is 2.23. The molecule has 0 aliphatic rings. The fraction of sp³-hybridized carbons (Fsp3) is 0.304. The lowest BCUT2D eigenvalue weighted by Crippen LogP contribution is -2.44. The molecule has 0 radical (unpaired) electrons. The first kappa shape index (κ1) is 21.6. The largest absolute Gasteiger partial charge is 0.327 e. The fourth-order valence-corrected chi connectivity index (χ4v) is 3.85. The number of fused-ring (bicyclic) bond motifs is 1. The van der Waals surface area contributed by atoms with Gasteiger partial charge in [0.1, 0.15) is 5.54 Å². The Bertz CT molecular complexity index is 1180. The van der Waals surface area contributed by atoms with Crippen LogP contribution in [0.2, 0.25) is 0 Å². The van der Waals surface area contributed by atoms with Crippen LogP contribution < -0.4 is 5.56 Å². The van der Waals surface area contributed by atoms with Gasteiger partial charge in [0.2, 0.25) is 5.91 Å². The number of para-hydroxylation sites is 1. The summed E-state index contributed by atoms with van der Waals surface area (Å²) in [5.41, 5.74) is 1.38. The third-order valence-corrected chi connectivity index (χ3v) is 6.08. The van der Waals surface area contributed by atoms with Gasteiger partial charge in [-0.15, -0.1) is 0 Å². The number of benzene rings is 2. The summed E-state index contributed by atoms with van der Waals surface area (Å²) in [6, 6.07) is 17.1. The Balaban J connectivity index is 2.03. The van der Waals surface area contributed by atoms with Gasteiger partial charge in [-0.25, -0.2) is 4.98 Å². The zero-order valence-electron chi connectivity index (χ0n) is 17.5. The van der Waals surface area contributed by atoms with Gasteiger partial charge in [0.25, 0.3) is 5.56 Å². The second-order valence-electron chi connectivity index (χ2n) is 7.48. The van der Waals surface area contributed by atoms with Crippen LogP contribution in [-0.4, -0.2) is 38.7 Å². The highest BCUT2D eigenvalue weighted by Gasteiger charge is 2.27. The molecule has 3 aromatic rings. The lowest BCUT2D eigenvalue weighted by Gasteiger charge is -2.29. The molecule has 0 fully saturated rings. The summed E-state index contributed by atoms with van der Waals surface area (Å²) in [6.45, 7) is 5.45. The average molecular weight is 421 g/mol. The molecule has 0 atom stereocenters. The molecule has 0 N–H and O–H groups in total. The van der Waals surface area contributed by atoms with E-state index in [9.17, 15) is 14.9 Å². The molecule has 0 aliphatic carbocycles. The number of carbonyl (C=O) groups is 1. The van der Waals surface area contributed by atoms with Gasteiger partial charge in [0.05, 0.1) is 28.4 Å². The standard InChI is InChI=1S/C23H24N4O2S/c1-5-16-10-12-17(13-11-16)27-21(29)18-8-6-7-9-19(18)25-22(27)30-14-20(28)26(4)23(2,3)15-24/h6-13H,5,14H2,1-4H3. The van der Waals surface area contributed by atoms with Gasteiger partial charge in [-0.2, -0.15) is 5.26 Å². The minimum Gasteiger partial charge on any atom is -0.327 e. The number of rotatable bonds is 6. The molecule has 0 saturated carbocycles. The molecule has 30 heavy (non-hydrogen) atoms. The Kier molecular flexibility index (Phi) is 6.28. The number of nitrogens with zero attached hydrogens (tertiary/aromatic N) is 4. The summed E-state index contributed by atoms with van der Waals surface area (Å²) in [5.74, 6) is -0.138.